The molecule has 9 nitrogen and oxygen atoms in total. The molecule has 0 atom stereocenters. The van der Waals surface area contributed by atoms with Crippen LogP contribution in [0.4, 0.5) is 13.2 Å². The number of benzene rings is 2. The molecular formula is C24H11BrCl2F3N7O2. The zero-order chi connectivity index (χ0) is 27.5. The van der Waals surface area contributed by atoms with Crippen molar-refractivity contribution in [1.29, 1.82) is 0 Å². The van der Waals surface area contributed by atoms with E-state index in [9.17, 15) is 18.0 Å². The normalized spacial score (nSPS) is 12.1. The Labute approximate surface area is 234 Å². The molecule has 0 unspecified atom stereocenters. The monoisotopic (exact) mass is 635 g/mol. The summed E-state index contributed by atoms with van der Waals surface area (Å²) in [5.41, 5.74) is -0.103. The van der Waals surface area contributed by atoms with Gasteiger partial charge in [0.2, 0.25) is 5.89 Å². The third-order valence-electron chi connectivity index (χ3n) is 5.67. The van der Waals surface area contributed by atoms with Gasteiger partial charge in [-0.2, -0.15) is 18.3 Å². The second kappa shape index (κ2) is 9.43. The van der Waals surface area contributed by atoms with Crippen molar-refractivity contribution >= 4 is 60.8 Å². The van der Waals surface area contributed by atoms with Crippen LogP contribution in [-0.2, 0) is 12.7 Å². The molecule has 15 heteroatoms. The average molecular weight is 637 g/mol. The molecule has 0 fully saturated rings. The first-order chi connectivity index (χ1) is 18.6. The molecule has 0 bridgehead atoms. The topological polar surface area (TPSA) is 105 Å². The van der Waals surface area contributed by atoms with Crippen LogP contribution < -0.4 is 5.63 Å². The van der Waals surface area contributed by atoms with Crippen molar-refractivity contribution < 1.29 is 17.6 Å². The largest absolute Gasteiger partial charge is 0.453 e. The van der Waals surface area contributed by atoms with Crippen LogP contribution >= 0.6 is 39.1 Å². The van der Waals surface area contributed by atoms with Crippen LogP contribution in [0.3, 0.4) is 0 Å². The molecule has 6 rings (SSSR count). The number of rotatable bonds is 4. The van der Waals surface area contributed by atoms with Gasteiger partial charge >= 0.3 is 11.8 Å². The van der Waals surface area contributed by atoms with Gasteiger partial charge in [-0.3, -0.25) is 0 Å². The molecule has 0 spiro atoms. The fourth-order valence-corrected chi connectivity index (χ4v) is 4.88. The lowest BCUT2D eigenvalue weighted by Crippen LogP contribution is -2.10. The molecule has 0 saturated heterocycles. The van der Waals surface area contributed by atoms with E-state index in [0.717, 1.165) is 15.5 Å². The summed E-state index contributed by atoms with van der Waals surface area (Å²) in [6.07, 6.45) is -2.29. The Hall–Kier alpha value is -3.81. The first-order valence-electron chi connectivity index (χ1n) is 11.0. The number of aromatic nitrogens is 7. The summed E-state index contributed by atoms with van der Waals surface area (Å²) < 4.78 is 47.5. The Bertz CT molecular complexity index is 1970. The average Bonchev–Trinajstić information content (AvgIpc) is 3.53. The maximum atomic E-state index is 13.1. The Balaban J connectivity index is 1.53. The standard InChI is InChI=1S/C24H11BrCl2F3N7O2/c25-12-3-4-14-11(6-12)7-15-19(18(14)27)33-21(39-22(15)38)17-8-13(9-36-10-32-23(35-36)24(28,29)30)34-37(17)20-16(26)2-1-5-31-20/h1-8,10H,9H2. The van der Waals surface area contributed by atoms with Gasteiger partial charge in [0.25, 0.3) is 5.82 Å². The molecule has 196 valence electrons. The summed E-state index contributed by atoms with van der Waals surface area (Å²) in [4.78, 5) is 25.2. The third kappa shape index (κ3) is 4.66. The molecule has 0 N–H and O–H groups in total. The molecule has 39 heavy (non-hydrogen) atoms. The van der Waals surface area contributed by atoms with Gasteiger partial charge in [-0.15, -0.1) is 5.10 Å². The van der Waals surface area contributed by atoms with Gasteiger partial charge < -0.3 is 4.42 Å². The zero-order valence-corrected chi connectivity index (χ0v) is 22.2. The van der Waals surface area contributed by atoms with Crippen LogP contribution in [0.15, 0.2) is 68.7 Å². The first-order valence-corrected chi connectivity index (χ1v) is 12.5. The lowest BCUT2D eigenvalue weighted by Gasteiger charge is -2.09. The van der Waals surface area contributed by atoms with Crippen LogP contribution in [0.25, 0.3) is 39.1 Å². The van der Waals surface area contributed by atoms with Crippen LogP contribution in [-0.4, -0.2) is 34.5 Å². The summed E-state index contributed by atoms with van der Waals surface area (Å²) in [6.45, 7) is -0.189. The molecule has 0 radical (unpaired) electrons. The van der Waals surface area contributed by atoms with Gasteiger partial charge in [-0.1, -0.05) is 45.2 Å². The van der Waals surface area contributed by atoms with Crippen LogP contribution in [0.1, 0.15) is 11.5 Å². The smallest absolute Gasteiger partial charge is 0.401 e. The predicted octanol–water partition coefficient (Wildman–Crippen LogP) is 6.32. The lowest BCUT2D eigenvalue weighted by atomic mass is 10.1. The van der Waals surface area contributed by atoms with Crippen molar-refractivity contribution in [2.45, 2.75) is 12.7 Å². The van der Waals surface area contributed by atoms with E-state index < -0.39 is 17.6 Å². The number of hydrogen-bond donors (Lipinski definition) is 0. The van der Waals surface area contributed by atoms with Gasteiger partial charge in [0.1, 0.15) is 17.5 Å². The number of nitrogens with zero attached hydrogens (tertiary/aromatic N) is 7. The van der Waals surface area contributed by atoms with Gasteiger partial charge in [0.15, 0.2) is 5.82 Å². The minimum Gasteiger partial charge on any atom is -0.401 e. The minimum atomic E-state index is -4.70. The minimum absolute atomic E-state index is 0.152. The first kappa shape index (κ1) is 25.5. The summed E-state index contributed by atoms with van der Waals surface area (Å²) in [6, 6.07) is 11.7. The number of pyridine rings is 1. The summed E-state index contributed by atoms with van der Waals surface area (Å²) in [5, 5.41) is 9.90. The van der Waals surface area contributed by atoms with Crippen LogP contribution in [0.2, 0.25) is 10.0 Å². The Morgan fingerprint density at radius 2 is 1.85 bits per heavy atom. The highest BCUT2D eigenvalue weighted by Crippen LogP contribution is 2.34. The van der Waals surface area contributed by atoms with Gasteiger partial charge in [-0.05, 0) is 41.8 Å². The van der Waals surface area contributed by atoms with Gasteiger partial charge in [-0.25, -0.2) is 29.1 Å². The lowest BCUT2D eigenvalue weighted by molar-refractivity contribution is -0.145. The molecule has 0 amide bonds. The fraction of sp³-hybridized carbons (Fsp3) is 0.0833. The van der Waals surface area contributed by atoms with Crippen molar-refractivity contribution in [2.24, 2.45) is 0 Å². The highest BCUT2D eigenvalue weighted by Gasteiger charge is 2.35. The molecule has 2 aromatic carbocycles. The van der Waals surface area contributed by atoms with Crippen molar-refractivity contribution in [3.05, 3.63) is 91.4 Å². The second-order valence-corrected chi connectivity index (χ2v) is 9.96. The highest BCUT2D eigenvalue weighted by molar-refractivity contribution is 9.10. The third-order valence-corrected chi connectivity index (χ3v) is 6.84. The molecule has 0 aliphatic rings. The molecular weight excluding hydrogens is 626 g/mol. The number of fused-ring (bicyclic) bond motifs is 2. The predicted molar refractivity (Wildman–Crippen MR) is 140 cm³/mol. The molecule has 6 aromatic rings. The zero-order valence-electron chi connectivity index (χ0n) is 19.1. The van der Waals surface area contributed by atoms with E-state index in [2.05, 4.69) is 41.1 Å². The van der Waals surface area contributed by atoms with E-state index in [-0.39, 0.29) is 50.6 Å². The van der Waals surface area contributed by atoms with Gasteiger partial charge in [0, 0.05) is 16.1 Å². The van der Waals surface area contributed by atoms with E-state index in [1.165, 1.54) is 16.9 Å². The van der Waals surface area contributed by atoms with Gasteiger partial charge in [0.05, 0.1) is 27.7 Å². The number of halogens is 6. The Kier molecular flexibility index (Phi) is 6.16. The van der Waals surface area contributed by atoms with E-state index in [1.807, 2.05) is 12.1 Å². The molecule has 0 aliphatic carbocycles. The van der Waals surface area contributed by atoms with Crippen molar-refractivity contribution in [3.8, 4) is 17.4 Å². The Morgan fingerprint density at radius 1 is 1.03 bits per heavy atom. The van der Waals surface area contributed by atoms with E-state index in [4.69, 9.17) is 27.6 Å². The quantitative estimate of drug-likeness (QED) is 0.209. The summed E-state index contributed by atoms with van der Waals surface area (Å²) in [7, 11) is 0. The fourth-order valence-electron chi connectivity index (χ4n) is 3.99. The SMILES string of the molecule is O=c1oc(-c2cc(Cn3cnc(C(F)(F)F)n3)nn2-c2ncccc2Cl)nc2c(Cl)c3ccc(Br)cc3cc12. The van der Waals surface area contributed by atoms with E-state index in [0.29, 0.717) is 10.8 Å². The number of alkyl halides is 3. The molecule has 4 aromatic heterocycles. The van der Waals surface area contributed by atoms with E-state index in [1.54, 1.807) is 24.3 Å². The second-order valence-electron chi connectivity index (χ2n) is 8.26. The van der Waals surface area contributed by atoms with Crippen molar-refractivity contribution in [3.63, 3.8) is 0 Å². The van der Waals surface area contributed by atoms with E-state index >= 15 is 0 Å². The highest BCUT2D eigenvalue weighted by atomic mass is 79.9. The van der Waals surface area contributed by atoms with Crippen LogP contribution in [0, 0.1) is 0 Å². The maximum absolute atomic E-state index is 13.1. The molecule has 0 aliphatic heterocycles. The summed E-state index contributed by atoms with van der Waals surface area (Å²) >= 11 is 16.4. The molecule has 4 heterocycles. The maximum Gasteiger partial charge on any atom is 0.453 e. The summed E-state index contributed by atoms with van der Waals surface area (Å²) in [5.74, 6) is -1.26. The Morgan fingerprint density at radius 3 is 2.59 bits per heavy atom. The van der Waals surface area contributed by atoms with Crippen molar-refractivity contribution in [1.82, 2.24) is 34.5 Å². The van der Waals surface area contributed by atoms with Crippen LogP contribution in [0.5, 0.6) is 0 Å². The van der Waals surface area contributed by atoms with Crippen molar-refractivity contribution in [2.75, 3.05) is 0 Å². The molecule has 0 saturated carbocycles. The number of hydrogen-bond acceptors (Lipinski definition) is 7.